The Morgan fingerprint density at radius 3 is 2.43 bits per heavy atom. The second-order valence-corrected chi connectivity index (χ2v) is 5.70. The van der Waals surface area contributed by atoms with Gasteiger partial charge in [0.1, 0.15) is 24.2 Å². The number of nitrogens with one attached hydrogen (secondary N) is 1. The topological polar surface area (TPSA) is 71.0 Å². The molecular formula is C16H25NO4. The van der Waals surface area contributed by atoms with Crippen molar-refractivity contribution in [3.8, 4) is 11.5 Å². The SMILES string of the molecule is COc1ccc(OCC(O)CNCC2(O)CCCC2)cc1. The van der Waals surface area contributed by atoms with Gasteiger partial charge >= 0.3 is 0 Å². The average Bonchev–Trinajstić information content (AvgIpc) is 2.92. The third kappa shape index (κ3) is 5.19. The molecule has 1 aliphatic carbocycles. The molecule has 0 saturated heterocycles. The number of hydrogen-bond acceptors (Lipinski definition) is 5. The summed E-state index contributed by atoms with van der Waals surface area (Å²) in [6, 6.07) is 7.24. The molecule has 1 saturated carbocycles. The highest BCUT2D eigenvalue weighted by Crippen LogP contribution is 2.28. The first-order chi connectivity index (χ1) is 10.1. The molecule has 0 aliphatic heterocycles. The van der Waals surface area contributed by atoms with Crippen LogP contribution in [-0.4, -0.2) is 48.7 Å². The Morgan fingerprint density at radius 1 is 1.19 bits per heavy atom. The van der Waals surface area contributed by atoms with Crippen LogP contribution in [0.3, 0.4) is 0 Å². The molecule has 0 bridgehead atoms. The molecule has 0 heterocycles. The van der Waals surface area contributed by atoms with Gasteiger partial charge in [0.15, 0.2) is 0 Å². The normalized spacial score (nSPS) is 18.4. The largest absolute Gasteiger partial charge is 0.497 e. The zero-order chi connectivity index (χ0) is 15.1. The number of benzene rings is 1. The summed E-state index contributed by atoms with van der Waals surface area (Å²) in [5.74, 6) is 1.47. The maximum atomic E-state index is 10.2. The van der Waals surface area contributed by atoms with Gasteiger partial charge in [0.05, 0.1) is 12.7 Å². The van der Waals surface area contributed by atoms with Crippen LogP contribution in [-0.2, 0) is 0 Å². The van der Waals surface area contributed by atoms with Crippen LogP contribution in [0.1, 0.15) is 25.7 Å². The van der Waals surface area contributed by atoms with E-state index in [0.29, 0.717) is 18.8 Å². The lowest BCUT2D eigenvalue weighted by molar-refractivity contribution is 0.0406. The summed E-state index contributed by atoms with van der Waals surface area (Å²) >= 11 is 0. The minimum Gasteiger partial charge on any atom is -0.497 e. The molecular weight excluding hydrogens is 270 g/mol. The van der Waals surface area contributed by atoms with Crippen molar-refractivity contribution in [1.82, 2.24) is 5.32 Å². The summed E-state index contributed by atoms with van der Waals surface area (Å²) in [6.45, 7) is 1.17. The van der Waals surface area contributed by atoms with Crippen LogP contribution in [0.25, 0.3) is 0 Å². The Hall–Kier alpha value is -1.30. The molecule has 118 valence electrons. The van der Waals surface area contributed by atoms with Crippen LogP contribution in [0.15, 0.2) is 24.3 Å². The van der Waals surface area contributed by atoms with Gasteiger partial charge < -0.3 is 25.0 Å². The number of aliphatic hydroxyl groups excluding tert-OH is 1. The van der Waals surface area contributed by atoms with Crippen LogP contribution in [0, 0.1) is 0 Å². The maximum Gasteiger partial charge on any atom is 0.119 e. The first kappa shape index (κ1) is 16.1. The van der Waals surface area contributed by atoms with Gasteiger partial charge in [-0.1, -0.05) is 12.8 Å². The second-order valence-electron chi connectivity index (χ2n) is 5.70. The van der Waals surface area contributed by atoms with Gasteiger partial charge in [0.2, 0.25) is 0 Å². The Balaban J connectivity index is 1.63. The molecule has 1 unspecified atom stereocenters. The molecule has 1 aromatic carbocycles. The molecule has 0 spiro atoms. The van der Waals surface area contributed by atoms with Crippen molar-refractivity contribution in [2.45, 2.75) is 37.4 Å². The highest BCUT2D eigenvalue weighted by atomic mass is 16.5. The van der Waals surface area contributed by atoms with E-state index < -0.39 is 11.7 Å². The van der Waals surface area contributed by atoms with Crippen LogP contribution < -0.4 is 14.8 Å². The third-order valence-electron chi connectivity index (χ3n) is 3.87. The first-order valence-electron chi connectivity index (χ1n) is 7.49. The minimum absolute atomic E-state index is 0.220. The number of methoxy groups -OCH3 is 1. The highest BCUT2D eigenvalue weighted by molar-refractivity contribution is 5.31. The van der Waals surface area contributed by atoms with Gasteiger partial charge in [-0.05, 0) is 37.1 Å². The second kappa shape index (κ2) is 7.64. The Morgan fingerprint density at radius 2 is 1.81 bits per heavy atom. The van der Waals surface area contributed by atoms with Crippen LogP contribution in [0.2, 0.25) is 0 Å². The fraction of sp³-hybridized carbons (Fsp3) is 0.625. The Labute approximate surface area is 125 Å². The van der Waals surface area contributed by atoms with Crippen LogP contribution in [0.5, 0.6) is 11.5 Å². The van der Waals surface area contributed by atoms with E-state index in [0.717, 1.165) is 31.4 Å². The number of hydrogen-bond donors (Lipinski definition) is 3. The molecule has 1 fully saturated rings. The van der Waals surface area contributed by atoms with E-state index in [1.54, 1.807) is 19.2 Å². The number of aliphatic hydroxyl groups is 2. The van der Waals surface area contributed by atoms with E-state index >= 15 is 0 Å². The van der Waals surface area contributed by atoms with Gasteiger partial charge in [0.25, 0.3) is 0 Å². The van der Waals surface area contributed by atoms with E-state index in [9.17, 15) is 10.2 Å². The van der Waals surface area contributed by atoms with E-state index in [1.807, 2.05) is 12.1 Å². The van der Waals surface area contributed by atoms with E-state index in [4.69, 9.17) is 9.47 Å². The lowest BCUT2D eigenvalue weighted by atomic mass is 10.0. The average molecular weight is 295 g/mol. The Kier molecular flexibility index (Phi) is 5.85. The van der Waals surface area contributed by atoms with E-state index in [2.05, 4.69) is 5.32 Å². The van der Waals surface area contributed by atoms with Gasteiger partial charge in [-0.2, -0.15) is 0 Å². The summed E-state index contributed by atoms with van der Waals surface area (Å²) in [5, 5.41) is 23.2. The van der Waals surface area contributed by atoms with Crippen molar-refractivity contribution in [2.24, 2.45) is 0 Å². The minimum atomic E-state index is -0.600. The number of ether oxygens (including phenoxy) is 2. The molecule has 5 heteroatoms. The third-order valence-corrected chi connectivity index (χ3v) is 3.87. The van der Waals surface area contributed by atoms with Crippen molar-refractivity contribution in [2.75, 3.05) is 26.8 Å². The monoisotopic (exact) mass is 295 g/mol. The van der Waals surface area contributed by atoms with Crippen molar-refractivity contribution < 1.29 is 19.7 Å². The molecule has 1 aliphatic rings. The Bertz CT molecular complexity index is 415. The molecule has 21 heavy (non-hydrogen) atoms. The lowest BCUT2D eigenvalue weighted by Gasteiger charge is -2.23. The van der Waals surface area contributed by atoms with Crippen molar-refractivity contribution in [3.63, 3.8) is 0 Å². The fourth-order valence-electron chi connectivity index (χ4n) is 2.60. The van der Waals surface area contributed by atoms with Crippen LogP contribution >= 0.6 is 0 Å². The van der Waals surface area contributed by atoms with Gasteiger partial charge in [-0.15, -0.1) is 0 Å². The predicted molar refractivity (Wildman–Crippen MR) is 80.8 cm³/mol. The molecule has 2 rings (SSSR count). The summed E-state index contributed by atoms with van der Waals surface area (Å²) in [7, 11) is 1.61. The summed E-state index contributed by atoms with van der Waals surface area (Å²) < 4.78 is 10.6. The summed E-state index contributed by atoms with van der Waals surface area (Å²) in [5.41, 5.74) is -0.587. The zero-order valence-corrected chi connectivity index (χ0v) is 12.5. The van der Waals surface area contributed by atoms with E-state index in [-0.39, 0.29) is 6.61 Å². The highest BCUT2D eigenvalue weighted by Gasteiger charge is 2.30. The predicted octanol–water partition coefficient (Wildman–Crippen LogP) is 1.33. The lowest BCUT2D eigenvalue weighted by Crippen LogP contribution is -2.42. The van der Waals surface area contributed by atoms with Crippen molar-refractivity contribution in [1.29, 1.82) is 0 Å². The van der Waals surface area contributed by atoms with Crippen molar-refractivity contribution in [3.05, 3.63) is 24.3 Å². The van der Waals surface area contributed by atoms with Crippen molar-refractivity contribution >= 4 is 0 Å². The maximum absolute atomic E-state index is 10.2. The summed E-state index contributed by atoms with van der Waals surface area (Å²) in [4.78, 5) is 0. The quantitative estimate of drug-likeness (QED) is 0.675. The number of rotatable bonds is 8. The molecule has 3 N–H and O–H groups in total. The van der Waals surface area contributed by atoms with Gasteiger partial charge in [-0.25, -0.2) is 0 Å². The van der Waals surface area contributed by atoms with E-state index in [1.165, 1.54) is 0 Å². The molecule has 1 atom stereocenters. The molecule has 5 nitrogen and oxygen atoms in total. The van der Waals surface area contributed by atoms with Crippen LogP contribution in [0.4, 0.5) is 0 Å². The summed E-state index contributed by atoms with van der Waals surface area (Å²) in [6.07, 6.45) is 3.26. The first-order valence-corrected chi connectivity index (χ1v) is 7.49. The smallest absolute Gasteiger partial charge is 0.119 e. The molecule has 0 amide bonds. The van der Waals surface area contributed by atoms with Gasteiger partial charge in [0, 0.05) is 13.1 Å². The fourth-order valence-corrected chi connectivity index (χ4v) is 2.60. The standard InChI is InChI=1S/C16H25NO4/c1-20-14-4-6-15(7-5-14)21-11-13(18)10-17-12-16(19)8-2-3-9-16/h4-7,13,17-19H,2-3,8-12H2,1H3. The molecule has 1 aromatic rings. The molecule has 0 aromatic heterocycles. The zero-order valence-electron chi connectivity index (χ0n) is 12.5. The van der Waals surface area contributed by atoms with Gasteiger partial charge in [-0.3, -0.25) is 0 Å². The molecule has 0 radical (unpaired) electrons.